The highest BCUT2D eigenvalue weighted by atomic mass is 35.5. The van der Waals surface area contributed by atoms with Crippen molar-refractivity contribution in [1.82, 2.24) is 9.78 Å². The third kappa shape index (κ3) is 3.31. The van der Waals surface area contributed by atoms with E-state index in [0.717, 1.165) is 5.56 Å². The molecule has 1 heterocycles. The first-order valence-electron chi connectivity index (χ1n) is 7.31. The Hall–Kier alpha value is -2.66. The number of aromatic nitrogens is 2. The van der Waals surface area contributed by atoms with Gasteiger partial charge in [-0.1, -0.05) is 23.7 Å². The quantitative estimate of drug-likeness (QED) is 0.764. The largest absolute Gasteiger partial charge is 0.321 e. The van der Waals surface area contributed by atoms with Crippen LogP contribution in [0.2, 0.25) is 5.02 Å². The molecule has 4 nitrogen and oxygen atoms in total. The molecule has 122 valence electrons. The molecule has 1 N–H and O–H groups in total. The fraction of sp³-hybridized carbons (Fsp3) is 0.111. The summed E-state index contributed by atoms with van der Waals surface area (Å²) in [6.07, 6.45) is 1.65. The Kier molecular flexibility index (Phi) is 4.36. The van der Waals surface area contributed by atoms with Gasteiger partial charge in [0.25, 0.3) is 5.91 Å². The van der Waals surface area contributed by atoms with Crippen molar-refractivity contribution in [2.75, 3.05) is 5.32 Å². The Bertz CT molecular complexity index is 903. The molecule has 0 aliphatic rings. The van der Waals surface area contributed by atoms with E-state index in [9.17, 15) is 9.18 Å². The Balaban J connectivity index is 1.98. The second-order valence-electron chi connectivity index (χ2n) is 5.45. The SMILES string of the molecule is Cc1nn(C)cc1C(=O)Nc1ccc(F)cc1-c1ccc(Cl)cc1. The molecule has 0 unspecified atom stereocenters. The number of halogens is 2. The highest BCUT2D eigenvalue weighted by Crippen LogP contribution is 2.30. The van der Waals surface area contributed by atoms with Gasteiger partial charge in [0.15, 0.2) is 0 Å². The van der Waals surface area contributed by atoms with Crippen molar-refractivity contribution >= 4 is 23.2 Å². The summed E-state index contributed by atoms with van der Waals surface area (Å²) in [5.41, 5.74) is 2.97. The molecule has 24 heavy (non-hydrogen) atoms. The number of benzene rings is 2. The predicted octanol–water partition coefficient (Wildman–Crippen LogP) is 4.44. The highest BCUT2D eigenvalue weighted by molar-refractivity contribution is 6.30. The van der Waals surface area contributed by atoms with Crippen molar-refractivity contribution in [2.24, 2.45) is 7.05 Å². The van der Waals surface area contributed by atoms with Crippen molar-refractivity contribution < 1.29 is 9.18 Å². The third-order valence-electron chi connectivity index (χ3n) is 3.64. The number of hydrogen-bond donors (Lipinski definition) is 1. The van der Waals surface area contributed by atoms with Gasteiger partial charge in [-0.25, -0.2) is 4.39 Å². The fourth-order valence-corrected chi connectivity index (χ4v) is 2.63. The first-order valence-corrected chi connectivity index (χ1v) is 7.69. The van der Waals surface area contributed by atoms with E-state index in [-0.39, 0.29) is 11.7 Å². The monoisotopic (exact) mass is 343 g/mol. The molecule has 3 rings (SSSR count). The summed E-state index contributed by atoms with van der Waals surface area (Å²) in [7, 11) is 1.75. The minimum atomic E-state index is -0.379. The van der Waals surface area contributed by atoms with Crippen molar-refractivity contribution in [3.8, 4) is 11.1 Å². The van der Waals surface area contributed by atoms with Crippen LogP contribution < -0.4 is 5.32 Å². The van der Waals surface area contributed by atoms with Gasteiger partial charge in [0.2, 0.25) is 0 Å². The number of hydrogen-bond acceptors (Lipinski definition) is 2. The number of aryl methyl sites for hydroxylation is 2. The van der Waals surface area contributed by atoms with Crippen LogP contribution in [-0.4, -0.2) is 15.7 Å². The summed E-state index contributed by atoms with van der Waals surface area (Å²) in [5, 5.41) is 7.58. The number of anilines is 1. The van der Waals surface area contributed by atoms with E-state index in [2.05, 4.69) is 10.4 Å². The minimum Gasteiger partial charge on any atom is -0.321 e. The van der Waals surface area contributed by atoms with Crippen LogP contribution in [0.5, 0.6) is 0 Å². The molecule has 2 aromatic carbocycles. The average molecular weight is 344 g/mol. The maximum absolute atomic E-state index is 13.7. The molecule has 1 aromatic heterocycles. The number of carbonyl (C=O) groups is 1. The van der Waals surface area contributed by atoms with Crippen molar-refractivity contribution in [3.63, 3.8) is 0 Å². The van der Waals surface area contributed by atoms with Gasteiger partial charge >= 0.3 is 0 Å². The summed E-state index contributed by atoms with van der Waals surface area (Å²) in [6.45, 7) is 1.76. The fourth-order valence-electron chi connectivity index (χ4n) is 2.51. The lowest BCUT2D eigenvalue weighted by molar-refractivity contribution is 0.102. The summed E-state index contributed by atoms with van der Waals surface area (Å²) in [4.78, 5) is 12.5. The molecule has 0 radical (unpaired) electrons. The summed E-state index contributed by atoms with van der Waals surface area (Å²) < 4.78 is 15.3. The molecular formula is C18H15ClFN3O. The lowest BCUT2D eigenvalue weighted by atomic mass is 10.0. The molecule has 0 saturated carbocycles. The Morgan fingerprint density at radius 3 is 2.54 bits per heavy atom. The molecule has 0 aliphatic heterocycles. The smallest absolute Gasteiger partial charge is 0.259 e. The van der Waals surface area contributed by atoms with E-state index in [4.69, 9.17) is 11.6 Å². The van der Waals surface area contributed by atoms with Crippen LogP contribution in [0.1, 0.15) is 16.1 Å². The molecule has 6 heteroatoms. The molecule has 3 aromatic rings. The number of carbonyl (C=O) groups excluding carboxylic acids is 1. The molecule has 0 saturated heterocycles. The topological polar surface area (TPSA) is 46.9 Å². The first kappa shape index (κ1) is 16.2. The number of nitrogens with zero attached hydrogens (tertiary/aromatic N) is 2. The lowest BCUT2D eigenvalue weighted by Gasteiger charge is -2.11. The van der Waals surface area contributed by atoms with Gasteiger partial charge in [0.05, 0.1) is 11.3 Å². The van der Waals surface area contributed by atoms with Crippen LogP contribution in [-0.2, 0) is 7.05 Å². The Labute approximate surface area is 143 Å². The van der Waals surface area contributed by atoms with E-state index in [1.807, 2.05) is 0 Å². The second-order valence-corrected chi connectivity index (χ2v) is 5.89. The van der Waals surface area contributed by atoms with Gasteiger partial charge < -0.3 is 5.32 Å². The summed E-state index contributed by atoms with van der Waals surface area (Å²) >= 11 is 5.90. The minimum absolute atomic E-state index is 0.289. The Morgan fingerprint density at radius 1 is 1.21 bits per heavy atom. The van der Waals surface area contributed by atoms with Crippen molar-refractivity contribution in [2.45, 2.75) is 6.92 Å². The molecule has 0 atom stereocenters. The van der Waals surface area contributed by atoms with Gasteiger partial charge in [-0.3, -0.25) is 9.48 Å². The van der Waals surface area contributed by atoms with E-state index in [1.54, 1.807) is 55.2 Å². The van der Waals surface area contributed by atoms with Crippen LogP contribution in [0.25, 0.3) is 11.1 Å². The van der Waals surface area contributed by atoms with Gasteiger partial charge in [0.1, 0.15) is 5.82 Å². The standard InChI is InChI=1S/C18H15ClFN3O/c1-11-16(10-23(2)22-11)18(24)21-17-8-7-14(20)9-15(17)12-3-5-13(19)6-4-12/h3-10H,1-2H3,(H,21,24). The molecule has 0 fully saturated rings. The number of nitrogens with one attached hydrogen (secondary N) is 1. The van der Waals surface area contributed by atoms with Gasteiger partial charge in [0, 0.05) is 29.5 Å². The lowest BCUT2D eigenvalue weighted by Crippen LogP contribution is -2.13. The number of rotatable bonds is 3. The van der Waals surface area contributed by atoms with E-state index in [0.29, 0.717) is 27.5 Å². The second kappa shape index (κ2) is 6.45. The van der Waals surface area contributed by atoms with E-state index >= 15 is 0 Å². The van der Waals surface area contributed by atoms with Crippen LogP contribution in [0, 0.1) is 12.7 Å². The third-order valence-corrected chi connectivity index (χ3v) is 3.90. The van der Waals surface area contributed by atoms with Gasteiger partial charge in [-0.05, 0) is 42.8 Å². The van der Waals surface area contributed by atoms with Gasteiger partial charge in [-0.2, -0.15) is 5.10 Å². The van der Waals surface area contributed by atoms with Crippen LogP contribution in [0.15, 0.2) is 48.7 Å². The van der Waals surface area contributed by atoms with Crippen LogP contribution in [0.3, 0.4) is 0 Å². The number of amides is 1. The summed E-state index contributed by atoms with van der Waals surface area (Å²) in [5.74, 6) is -0.669. The average Bonchev–Trinajstić information content (AvgIpc) is 2.88. The zero-order chi connectivity index (χ0) is 17.3. The summed E-state index contributed by atoms with van der Waals surface area (Å²) in [6, 6.07) is 11.2. The molecule has 0 bridgehead atoms. The Morgan fingerprint density at radius 2 is 1.92 bits per heavy atom. The van der Waals surface area contributed by atoms with Crippen LogP contribution in [0.4, 0.5) is 10.1 Å². The molecule has 1 amide bonds. The maximum Gasteiger partial charge on any atom is 0.259 e. The van der Waals surface area contributed by atoms with Gasteiger partial charge in [-0.15, -0.1) is 0 Å². The van der Waals surface area contributed by atoms with E-state index in [1.165, 1.54) is 12.1 Å². The maximum atomic E-state index is 13.7. The van der Waals surface area contributed by atoms with Crippen LogP contribution >= 0.6 is 11.6 Å². The normalized spacial score (nSPS) is 10.7. The highest BCUT2D eigenvalue weighted by Gasteiger charge is 2.15. The zero-order valence-corrected chi connectivity index (χ0v) is 13.9. The zero-order valence-electron chi connectivity index (χ0n) is 13.2. The molecular weight excluding hydrogens is 329 g/mol. The first-order chi connectivity index (χ1) is 11.4. The van der Waals surface area contributed by atoms with Crippen molar-refractivity contribution in [1.29, 1.82) is 0 Å². The molecule has 0 aliphatic carbocycles. The predicted molar refractivity (Wildman–Crippen MR) is 92.7 cm³/mol. The molecule has 0 spiro atoms. The van der Waals surface area contributed by atoms with Crippen molar-refractivity contribution in [3.05, 3.63) is 70.8 Å². The van der Waals surface area contributed by atoms with E-state index < -0.39 is 0 Å².